The molecule has 0 spiro atoms. The minimum Gasteiger partial charge on any atom is -0.444 e. The number of nitrogens with one attached hydrogen (secondary N) is 2. The topological polar surface area (TPSA) is 100 Å². The molecule has 32 heavy (non-hydrogen) atoms. The molecule has 2 heterocycles. The molecular weight excluding hydrogens is 406 g/mol. The lowest BCUT2D eigenvalue weighted by Crippen LogP contribution is -2.36. The van der Waals surface area contributed by atoms with Crippen LogP contribution in [0.1, 0.15) is 27.2 Å². The van der Waals surface area contributed by atoms with Crippen molar-refractivity contribution in [2.24, 2.45) is 5.92 Å². The summed E-state index contributed by atoms with van der Waals surface area (Å²) in [5, 5.41) is 10.3. The predicted molar refractivity (Wildman–Crippen MR) is 122 cm³/mol. The number of nitrogens with zero attached hydrogens (tertiary/aromatic N) is 3. The van der Waals surface area contributed by atoms with Crippen molar-refractivity contribution in [2.45, 2.75) is 32.8 Å². The summed E-state index contributed by atoms with van der Waals surface area (Å²) in [5.41, 5.74) is 1.73. The Labute approximate surface area is 187 Å². The average Bonchev–Trinajstić information content (AvgIpc) is 3.44. The summed E-state index contributed by atoms with van der Waals surface area (Å²) in [6.07, 6.45) is 0.205. The van der Waals surface area contributed by atoms with Gasteiger partial charge in [0.15, 0.2) is 11.6 Å². The van der Waals surface area contributed by atoms with Gasteiger partial charge in [-0.05, 0) is 39.3 Å². The van der Waals surface area contributed by atoms with Gasteiger partial charge in [-0.25, -0.2) is 9.78 Å². The number of aromatic amines is 1. The number of benzene rings is 2. The highest BCUT2D eigenvalue weighted by atomic mass is 16.6. The van der Waals surface area contributed by atoms with Crippen molar-refractivity contribution in [3.8, 4) is 22.8 Å². The first-order chi connectivity index (χ1) is 15.3. The van der Waals surface area contributed by atoms with Crippen LogP contribution in [0.25, 0.3) is 22.8 Å². The summed E-state index contributed by atoms with van der Waals surface area (Å²) in [5.74, 6) is 0.726. The molecule has 1 atom stereocenters. The van der Waals surface area contributed by atoms with Gasteiger partial charge in [-0.1, -0.05) is 42.5 Å². The van der Waals surface area contributed by atoms with Gasteiger partial charge in [0.2, 0.25) is 5.91 Å². The van der Waals surface area contributed by atoms with Crippen LogP contribution in [-0.4, -0.2) is 50.8 Å². The number of para-hydroxylation sites is 1. The number of ether oxygens (including phenoxy) is 1. The zero-order chi connectivity index (χ0) is 22.7. The van der Waals surface area contributed by atoms with Gasteiger partial charge < -0.3 is 15.0 Å². The molecule has 0 radical (unpaired) electrons. The van der Waals surface area contributed by atoms with E-state index in [4.69, 9.17) is 4.74 Å². The van der Waals surface area contributed by atoms with E-state index in [-0.39, 0.29) is 17.9 Å². The molecule has 8 nitrogen and oxygen atoms in total. The van der Waals surface area contributed by atoms with Crippen molar-refractivity contribution < 1.29 is 14.3 Å². The number of carbonyl (C=O) groups excluding carboxylic acids is 2. The second kappa shape index (κ2) is 8.82. The quantitative estimate of drug-likeness (QED) is 0.638. The molecule has 1 aliphatic rings. The fourth-order valence-electron chi connectivity index (χ4n) is 3.60. The lowest BCUT2D eigenvalue weighted by molar-refractivity contribution is -0.119. The van der Waals surface area contributed by atoms with Crippen LogP contribution >= 0.6 is 0 Å². The normalized spacial score (nSPS) is 16.1. The van der Waals surface area contributed by atoms with Gasteiger partial charge >= 0.3 is 6.09 Å². The van der Waals surface area contributed by atoms with Gasteiger partial charge in [0, 0.05) is 24.2 Å². The maximum absolute atomic E-state index is 12.9. The van der Waals surface area contributed by atoms with E-state index in [1.165, 1.54) is 0 Å². The van der Waals surface area contributed by atoms with Gasteiger partial charge in [-0.2, -0.15) is 5.10 Å². The summed E-state index contributed by atoms with van der Waals surface area (Å²) in [6, 6.07) is 17.1. The van der Waals surface area contributed by atoms with Crippen molar-refractivity contribution in [3.05, 3.63) is 54.6 Å². The van der Waals surface area contributed by atoms with Gasteiger partial charge in [0.25, 0.3) is 0 Å². The number of anilines is 1. The number of carbonyl (C=O) groups is 2. The Kier molecular flexibility index (Phi) is 5.94. The predicted octanol–water partition coefficient (Wildman–Crippen LogP) is 4.33. The van der Waals surface area contributed by atoms with E-state index in [1.54, 1.807) is 4.90 Å². The Morgan fingerprint density at radius 2 is 1.81 bits per heavy atom. The largest absolute Gasteiger partial charge is 0.444 e. The molecule has 1 aliphatic heterocycles. The van der Waals surface area contributed by atoms with Crippen molar-refractivity contribution in [3.63, 3.8) is 0 Å². The van der Waals surface area contributed by atoms with Crippen LogP contribution in [0, 0.1) is 5.92 Å². The standard InChI is InChI=1S/C24H27N5O3/c1-24(2,3)32-23(31)29-14-13-17(15-29)22(30)25-19-12-8-7-11-18(19)21-26-20(27-28-21)16-9-5-4-6-10-16/h4-12,17H,13-15H2,1-3H3,(H,25,30)(H,26,27,28). The smallest absolute Gasteiger partial charge is 0.410 e. The van der Waals surface area contributed by atoms with Crippen molar-refractivity contribution in [1.29, 1.82) is 0 Å². The summed E-state index contributed by atoms with van der Waals surface area (Å²) in [6.45, 7) is 6.32. The highest BCUT2D eigenvalue weighted by molar-refractivity contribution is 5.96. The number of likely N-dealkylation sites (tertiary alicyclic amines) is 1. The van der Waals surface area contributed by atoms with Gasteiger partial charge in [-0.3, -0.25) is 9.89 Å². The highest BCUT2D eigenvalue weighted by Crippen LogP contribution is 2.28. The van der Waals surface area contributed by atoms with Gasteiger partial charge in [-0.15, -0.1) is 0 Å². The molecule has 4 rings (SSSR count). The third-order valence-electron chi connectivity index (χ3n) is 5.17. The van der Waals surface area contributed by atoms with Crippen LogP contribution in [0.2, 0.25) is 0 Å². The van der Waals surface area contributed by atoms with Crippen LogP contribution < -0.4 is 5.32 Å². The number of amides is 2. The zero-order valence-electron chi connectivity index (χ0n) is 18.5. The van der Waals surface area contributed by atoms with Gasteiger partial charge in [0.05, 0.1) is 11.6 Å². The number of aromatic nitrogens is 3. The monoisotopic (exact) mass is 433 g/mol. The fraction of sp³-hybridized carbons (Fsp3) is 0.333. The van der Waals surface area contributed by atoms with Crippen LogP contribution in [0.4, 0.5) is 10.5 Å². The number of hydrogen-bond acceptors (Lipinski definition) is 5. The number of hydrogen-bond donors (Lipinski definition) is 2. The molecule has 2 aromatic carbocycles. The summed E-state index contributed by atoms with van der Waals surface area (Å²) in [7, 11) is 0. The molecule has 1 unspecified atom stereocenters. The molecule has 8 heteroatoms. The lowest BCUT2D eigenvalue weighted by atomic mass is 10.1. The second-order valence-electron chi connectivity index (χ2n) is 8.82. The van der Waals surface area contributed by atoms with E-state index in [9.17, 15) is 9.59 Å². The molecular formula is C24H27N5O3. The summed E-state index contributed by atoms with van der Waals surface area (Å²) < 4.78 is 5.42. The van der Waals surface area contributed by atoms with E-state index in [2.05, 4.69) is 20.5 Å². The minimum atomic E-state index is -0.563. The Morgan fingerprint density at radius 3 is 2.56 bits per heavy atom. The highest BCUT2D eigenvalue weighted by Gasteiger charge is 2.33. The maximum atomic E-state index is 12.9. The van der Waals surface area contributed by atoms with E-state index in [1.807, 2.05) is 75.4 Å². The average molecular weight is 434 g/mol. The molecule has 2 N–H and O–H groups in total. The van der Waals surface area contributed by atoms with Gasteiger partial charge in [0.1, 0.15) is 5.60 Å². The van der Waals surface area contributed by atoms with Crippen molar-refractivity contribution in [1.82, 2.24) is 20.1 Å². The first kappa shape index (κ1) is 21.5. The van der Waals surface area contributed by atoms with E-state index < -0.39 is 5.60 Å². The molecule has 1 fully saturated rings. The zero-order valence-corrected chi connectivity index (χ0v) is 18.5. The number of rotatable bonds is 4. The molecule has 1 saturated heterocycles. The number of H-pyrrole nitrogens is 1. The molecule has 166 valence electrons. The molecule has 1 aromatic heterocycles. The molecule has 0 aliphatic carbocycles. The lowest BCUT2D eigenvalue weighted by Gasteiger charge is -2.24. The molecule has 0 bridgehead atoms. The second-order valence-corrected chi connectivity index (χ2v) is 8.82. The van der Waals surface area contributed by atoms with E-state index >= 15 is 0 Å². The molecule has 2 amide bonds. The van der Waals surface area contributed by atoms with E-state index in [0.29, 0.717) is 36.8 Å². The fourth-order valence-corrected chi connectivity index (χ4v) is 3.60. The van der Waals surface area contributed by atoms with Crippen LogP contribution in [0.15, 0.2) is 54.6 Å². The van der Waals surface area contributed by atoms with Crippen molar-refractivity contribution >= 4 is 17.7 Å². The third-order valence-corrected chi connectivity index (χ3v) is 5.17. The van der Waals surface area contributed by atoms with Crippen LogP contribution in [-0.2, 0) is 9.53 Å². The van der Waals surface area contributed by atoms with E-state index in [0.717, 1.165) is 11.1 Å². The maximum Gasteiger partial charge on any atom is 0.410 e. The van der Waals surface area contributed by atoms with Crippen LogP contribution in [0.3, 0.4) is 0 Å². The molecule has 3 aromatic rings. The summed E-state index contributed by atoms with van der Waals surface area (Å²) in [4.78, 5) is 31.4. The first-order valence-corrected chi connectivity index (χ1v) is 10.7. The molecule has 0 saturated carbocycles. The Hall–Kier alpha value is -3.68. The first-order valence-electron chi connectivity index (χ1n) is 10.7. The Balaban J connectivity index is 1.46. The Morgan fingerprint density at radius 1 is 1.09 bits per heavy atom. The minimum absolute atomic E-state index is 0.133. The van der Waals surface area contributed by atoms with Crippen LogP contribution in [0.5, 0.6) is 0 Å². The Bertz CT molecular complexity index is 1100. The SMILES string of the molecule is CC(C)(C)OC(=O)N1CCC(C(=O)Nc2ccccc2-c2nc(-c3ccccc3)n[nH]2)C1. The summed E-state index contributed by atoms with van der Waals surface area (Å²) >= 11 is 0. The van der Waals surface area contributed by atoms with Crippen molar-refractivity contribution in [2.75, 3.05) is 18.4 Å². The third kappa shape index (κ3) is 4.96.